The monoisotopic (exact) mass is 346 g/mol. The minimum absolute atomic E-state index is 0.000480. The summed E-state index contributed by atoms with van der Waals surface area (Å²) in [5, 5.41) is 0.000480. The van der Waals surface area contributed by atoms with Crippen LogP contribution in [0.15, 0.2) is 30.3 Å². The van der Waals surface area contributed by atoms with Crippen LogP contribution in [0, 0.1) is 0 Å². The third-order valence-electron chi connectivity index (χ3n) is 3.28. The van der Waals surface area contributed by atoms with Crippen LogP contribution in [0.25, 0.3) is 11.1 Å². The first-order valence-corrected chi connectivity index (χ1v) is 6.87. The molecule has 2 aromatic rings. The van der Waals surface area contributed by atoms with Gasteiger partial charge in [-0.05, 0) is 29.8 Å². The van der Waals surface area contributed by atoms with Crippen molar-refractivity contribution in [2.45, 2.75) is 6.18 Å². The molecule has 0 aliphatic heterocycles. The molecule has 0 spiro atoms. The molecular formula is C16H14ClF3O3. The molecule has 0 N–H and O–H groups in total. The van der Waals surface area contributed by atoms with E-state index >= 15 is 0 Å². The topological polar surface area (TPSA) is 27.7 Å². The Balaban J connectivity index is 2.77. The number of alkyl halides is 3. The summed E-state index contributed by atoms with van der Waals surface area (Å²) in [5.74, 6) is 0.728. The summed E-state index contributed by atoms with van der Waals surface area (Å²) < 4.78 is 55.6. The van der Waals surface area contributed by atoms with Gasteiger partial charge in [-0.2, -0.15) is 13.2 Å². The largest absolute Gasteiger partial charge is 0.493 e. The number of benzene rings is 2. The fraction of sp³-hybridized carbons (Fsp3) is 0.250. The number of ether oxygens (including phenoxy) is 3. The third kappa shape index (κ3) is 3.32. The minimum Gasteiger partial charge on any atom is -0.493 e. The molecule has 0 bridgehead atoms. The Morgan fingerprint density at radius 1 is 0.826 bits per heavy atom. The summed E-state index contributed by atoms with van der Waals surface area (Å²) in [5.41, 5.74) is -0.677. The number of halogens is 4. The van der Waals surface area contributed by atoms with E-state index in [0.717, 1.165) is 6.07 Å². The van der Waals surface area contributed by atoms with Crippen LogP contribution in [0.1, 0.15) is 5.56 Å². The van der Waals surface area contributed by atoms with Gasteiger partial charge in [0, 0.05) is 10.6 Å². The van der Waals surface area contributed by atoms with E-state index < -0.39 is 11.7 Å². The van der Waals surface area contributed by atoms with E-state index in [1.54, 1.807) is 0 Å². The van der Waals surface area contributed by atoms with Crippen molar-refractivity contribution in [3.8, 4) is 28.4 Å². The van der Waals surface area contributed by atoms with Gasteiger partial charge in [-0.1, -0.05) is 17.7 Å². The van der Waals surface area contributed by atoms with Gasteiger partial charge in [0.25, 0.3) is 0 Å². The lowest BCUT2D eigenvalue weighted by molar-refractivity contribution is -0.137. The molecule has 0 radical (unpaired) electrons. The van der Waals surface area contributed by atoms with Gasteiger partial charge in [0.1, 0.15) is 0 Å². The Morgan fingerprint density at radius 2 is 1.43 bits per heavy atom. The first-order valence-electron chi connectivity index (χ1n) is 6.49. The van der Waals surface area contributed by atoms with E-state index in [4.69, 9.17) is 25.8 Å². The average Bonchev–Trinajstić information content (AvgIpc) is 2.52. The highest BCUT2D eigenvalue weighted by molar-refractivity contribution is 6.30. The predicted molar refractivity (Wildman–Crippen MR) is 81.5 cm³/mol. The van der Waals surface area contributed by atoms with E-state index in [-0.39, 0.29) is 27.6 Å². The maximum atomic E-state index is 13.3. The van der Waals surface area contributed by atoms with E-state index in [1.807, 2.05) is 0 Å². The van der Waals surface area contributed by atoms with Crippen LogP contribution in [0.5, 0.6) is 17.2 Å². The molecule has 23 heavy (non-hydrogen) atoms. The lowest BCUT2D eigenvalue weighted by Gasteiger charge is -2.19. The summed E-state index contributed by atoms with van der Waals surface area (Å²) in [4.78, 5) is 0. The molecule has 0 aliphatic carbocycles. The van der Waals surface area contributed by atoms with Crippen molar-refractivity contribution in [2.75, 3.05) is 21.3 Å². The number of rotatable bonds is 4. The van der Waals surface area contributed by atoms with Gasteiger partial charge >= 0.3 is 6.18 Å². The number of methoxy groups -OCH3 is 3. The van der Waals surface area contributed by atoms with Crippen LogP contribution in [0.4, 0.5) is 13.2 Å². The quantitative estimate of drug-likeness (QED) is 0.775. The zero-order chi connectivity index (χ0) is 17.2. The highest BCUT2D eigenvalue weighted by Gasteiger charge is 2.35. The first-order chi connectivity index (χ1) is 10.8. The number of hydrogen-bond acceptors (Lipinski definition) is 3. The second-order valence-corrected chi connectivity index (χ2v) is 5.01. The molecule has 0 heterocycles. The molecule has 0 aromatic heterocycles. The smallest absolute Gasteiger partial charge is 0.417 e. The third-order valence-corrected chi connectivity index (χ3v) is 3.52. The molecule has 0 unspecified atom stereocenters. The van der Waals surface area contributed by atoms with E-state index in [1.165, 1.54) is 45.6 Å². The van der Waals surface area contributed by atoms with Crippen LogP contribution < -0.4 is 14.2 Å². The molecule has 0 saturated carbocycles. The molecule has 0 saturated heterocycles. The molecular weight excluding hydrogens is 333 g/mol. The molecule has 0 aliphatic rings. The molecule has 7 heteroatoms. The highest BCUT2D eigenvalue weighted by Crippen LogP contribution is 2.47. The highest BCUT2D eigenvalue weighted by atomic mass is 35.5. The predicted octanol–water partition coefficient (Wildman–Crippen LogP) is 5.05. The maximum Gasteiger partial charge on any atom is 0.417 e. The summed E-state index contributed by atoms with van der Waals surface area (Å²) in [6.45, 7) is 0. The van der Waals surface area contributed by atoms with Crippen molar-refractivity contribution in [3.63, 3.8) is 0 Å². The van der Waals surface area contributed by atoms with Crippen molar-refractivity contribution in [3.05, 3.63) is 40.9 Å². The van der Waals surface area contributed by atoms with Crippen molar-refractivity contribution in [1.82, 2.24) is 0 Å². The first kappa shape index (κ1) is 17.3. The van der Waals surface area contributed by atoms with Gasteiger partial charge in [-0.25, -0.2) is 0 Å². The van der Waals surface area contributed by atoms with Crippen LogP contribution in [0.2, 0.25) is 5.02 Å². The molecule has 0 fully saturated rings. The molecule has 2 aromatic carbocycles. The van der Waals surface area contributed by atoms with Crippen molar-refractivity contribution < 1.29 is 27.4 Å². The molecule has 0 atom stereocenters. The van der Waals surface area contributed by atoms with Crippen LogP contribution in [-0.2, 0) is 6.18 Å². The standard InChI is InChI=1S/C16H14ClF3O3/c1-21-13-7-6-11(14(22-2)15(13)23-3)10-5-4-9(17)8-12(10)16(18,19)20/h4-8H,1-3H3. The van der Waals surface area contributed by atoms with Gasteiger partial charge in [0.15, 0.2) is 11.5 Å². The normalized spacial score (nSPS) is 11.3. The molecule has 3 nitrogen and oxygen atoms in total. The van der Waals surface area contributed by atoms with Gasteiger partial charge in [0.2, 0.25) is 5.75 Å². The fourth-order valence-electron chi connectivity index (χ4n) is 2.30. The zero-order valence-electron chi connectivity index (χ0n) is 12.6. The minimum atomic E-state index is -4.56. The van der Waals surface area contributed by atoms with Crippen LogP contribution >= 0.6 is 11.6 Å². The second-order valence-electron chi connectivity index (χ2n) is 4.57. The summed E-state index contributed by atoms with van der Waals surface area (Å²) in [7, 11) is 4.17. The number of hydrogen-bond donors (Lipinski definition) is 0. The van der Waals surface area contributed by atoms with E-state index in [0.29, 0.717) is 5.75 Å². The summed E-state index contributed by atoms with van der Waals surface area (Å²) in [6, 6.07) is 6.58. The second kappa shape index (κ2) is 6.58. The van der Waals surface area contributed by atoms with Gasteiger partial charge in [0.05, 0.1) is 26.9 Å². The Morgan fingerprint density at radius 3 is 1.96 bits per heavy atom. The van der Waals surface area contributed by atoms with Crippen molar-refractivity contribution in [1.29, 1.82) is 0 Å². The molecule has 2 rings (SSSR count). The Labute approximate surface area is 136 Å². The summed E-state index contributed by atoms with van der Waals surface area (Å²) >= 11 is 5.71. The van der Waals surface area contributed by atoms with E-state index in [9.17, 15) is 13.2 Å². The summed E-state index contributed by atoms with van der Waals surface area (Å²) in [6.07, 6.45) is -4.56. The van der Waals surface area contributed by atoms with E-state index in [2.05, 4.69) is 0 Å². The Hall–Kier alpha value is -2.08. The fourth-order valence-corrected chi connectivity index (χ4v) is 2.47. The van der Waals surface area contributed by atoms with Gasteiger partial charge in [-0.3, -0.25) is 0 Å². The Bertz CT molecular complexity index is 714. The lowest BCUT2D eigenvalue weighted by atomic mass is 9.97. The van der Waals surface area contributed by atoms with Crippen LogP contribution in [-0.4, -0.2) is 21.3 Å². The van der Waals surface area contributed by atoms with Gasteiger partial charge < -0.3 is 14.2 Å². The maximum absolute atomic E-state index is 13.3. The SMILES string of the molecule is COc1ccc(-c2ccc(Cl)cc2C(F)(F)F)c(OC)c1OC. The van der Waals surface area contributed by atoms with Gasteiger partial charge in [-0.15, -0.1) is 0 Å². The lowest BCUT2D eigenvalue weighted by Crippen LogP contribution is -2.08. The van der Waals surface area contributed by atoms with Crippen LogP contribution in [0.3, 0.4) is 0 Å². The molecule has 124 valence electrons. The average molecular weight is 347 g/mol. The van der Waals surface area contributed by atoms with Crippen molar-refractivity contribution >= 4 is 11.6 Å². The Kier molecular flexibility index (Phi) is 4.94. The van der Waals surface area contributed by atoms with Crippen molar-refractivity contribution in [2.24, 2.45) is 0 Å². The zero-order valence-corrected chi connectivity index (χ0v) is 13.4. The molecule has 0 amide bonds.